The maximum Gasteiger partial charge on any atom is 0.413 e. The van der Waals surface area contributed by atoms with Crippen LogP contribution >= 0.6 is 0 Å². The van der Waals surface area contributed by atoms with Gasteiger partial charge < -0.3 is 15.4 Å². The summed E-state index contributed by atoms with van der Waals surface area (Å²) in [6, 6.07) is 23.5. The van der Waals surface area contributed by atoms with Crippen molar-refractivity contribution in [2.24, 2.45) is 0 Å². The van der Waals surface area contributed by atoms with E-state index in [1.54, 1.807) is 54.6 Å². The molecule has 0 aromatic heterocycles. The summed E-state index contributed by atoms with van der Waals surface area (Å²) in [7, 11) is 0. The number of rotatable bonds is 9. The Morgan fingerprint density at radius 2 is 1.46 bits per heavy atom. The molecule has 0 spiro atoms. The van der Waals surface area contributed by atoms with Crippen LogP contribution < -0.4 is 16.0 Å². The van der Waals surface area contributed by atoms with E-state index in [2.05, 4.69) is 16.0 Å². The van der Waals surface area contributed by atoms with Crippen LogP contribution in [0.1, 0.15) is 28.3 Å². The number of alkyl carbamates (subject to hydrolysis) is 1. The van der Waals surface area contributed by atoms with Crippen molar-refractivity contribution in [1.82, 2.24) is 16.0 Å². The summed E-state index contributed by atoms with van der Waals surface area (Å²) in [4.78, 5) is 36.3. The van der Waals surface area contributed by atoms with Crippen LogP contribution in [0.3, 0.4) is 0 Å². The first-order valence-corrected chi connectivity index (χ1v) is 10.8. The molecular weight excluding hydrogens is 448 g/mol. The summed E-state index contributed by atoms with van der Waals surface area (Å²) in [6.07, 6.45) is -0.734. The van der Waals surface area contributed by atoms with Gasteiger partial charge in [-0.2, -0.15) is 0 Å². The molecule has 3 aromatic rings. The van der Waals surface area contributed by atoms with E-state index in [0.29, 0.717) is 11.1 Å². The topological polar surface area (TPSA) is 140 Å². The van der Waals surface area contributed by atoms with Crippen LogP contribution in [0.15, 0.2) is 84.9 Å². The smallest absolute Gasteiger partial charge is 0.413 e. The third-order valence-corrected chi connectivity index (χ3v) is 4.98. The second-order valence-electron chi connectivity index (χ2n) is 7.53. The fraction of sp³-hybridized carbons (Fsp3) is 0.154. The highest BCUT2D eigenvalue weighted by Crippen LogP contribution is 2.13. The number of benzene rings is 3. The van der Waals surface area contributed by atoms with E-state index in [-0.39, 0.29) is 19.0 Å². The van der Waals surface area contributed by atoms with Gasteiger partial charge in [0.1, 0.15) is 18.5 Å². The molecule has 3 rings (SSSR count). The van der Waals surface area contributed by atoms with Gasteiger partial charge >= 0.3 is 6.09 Å². The summed E-state index contributed by atoms with van der Waals surface area (Å²) in [5.41, 5.74) is 2.59. The van der Waals surface area contributed by atoms with E-state index in [4.69, 9.17) is 10.1 Å². The molecule has 3 amide bonds. The second-order valence-corrected chi connectivity index (χ2v) is 7.53. The molecule has 3 aromatic carbocycles. The summed E-state index contributed by atoms with van der Waals surface area (Å²) < 4.78 is 5.12. The first-order valence-electron chi connectivity index (χ1n) is 10.8. The highest BCUT2D eigenvalue weighted by Gasteiger charge is 2.22. The van der Waals surface area contributed by atoms with Gasteiger partial charge in [-0.25, -0.2) is 9.90 Å². The van der Waals surface area contributed by atoms with Crippen LogP contribution in [0.2, 0.25) is 0 Å². The van der Waals surface area contributed by atoms with Crippen molar-refractivity contribution < 1.29 is 24.2 Å². The van der Waals surface area contributed by atoms with Crippen molar-refractivity contribution in [2.45, 2.75) is 19.2 Å². The average Bonchev–Trinajstić information content (AvgIpc) is 2.90. The molecule has 0 fully saturated rings. The predicted molar refractivity (Wildman–Crippen MR) is 128 cm³/mol. The Labute approximate surface area is 202 Å². The minimum Gasteiger partial charge on any atom is -0.444 e. The Kier molecular flexibility index (Phi) is 9.09. The normalized spacial score (nSPS) is 11.1. The Balaban J connectivity index is 1.52. The van der Waals surface area contributed by atoms with Crippen LogP contribution in [0.5, 0.6) is 0 Å². The van der Waals surface area contributed by atoms with Gasteiger partial charge in [0.2, 0.25) is 11.8 Å². The Morgan fingerprint density at radius 3 is 2.09 bits per heavy atom. The number of hydrogen-bond acceptors (Lipinski definition) is 5. The van der Waals surface area contributed by atoms with E-state index in [1.165, 1.54) is 0 Å². The molecule has 0 bridgehead atoms. The number of nitrogens with one attached hydrogen (secondary N) is 4. The van der Waals surface area contributed by atoms with E-state index >= 15 is 0 Å². The predicted octanol–water partition coefficient (Wildman–Crippen LogP) is 2.84. The Morgan fingerprint density at radius 1 is 0.829 bits per heavy atom. The average molecular weight is 474 g/mol. The van der Waals surface area contributed by atoms with Gasteiger partial charge in [-0.15, -0.1) is 0 Å². The molecule has 0 aliphatic rings. The van der Waals surface area contributed by atoms with Gasteiger partial charge in [0.15, 0.2) is 6.61 Å². The van der Waals surface area contributed by atoms with Crippen molar-refractivity contribution >= 4 is 23.7 Å². The molecular formula is C26H25N4O5. The molecule has 35 heavy (non-hydrogen) atoms. The molecule has 0 aliphatic heterocycles. The molecule has 0 heterocycles. The standard InChI is InChI=1S/C26H25N4O5/c27-24(30-26(34)35-17-19-7-3-1-4-8-19)21-13-11-18(12-14-21)15-28-25(33)23(29-22(32)16-31)20-9-5-2-6-10-20/h1-14,23H,15-17H2,(H,28,33)(H,29,32)(H2,27,30,34)/t23-/m1/s1. The number of ether oxygens (including phenoxy) is 1. The molecule has 0 saturated heterocycles. The highest BCUT2D eigenvalue weighted by atomic mass is 16.5. The maximum absolute atomic E-state index is 12.7. The van der Waals surface area contributed by atoms with Crippen LogP contribution in [0.25, 0.3) is 0 Å². The van der Waals surface area contributed by atoms with Crippen molar-refractivity contribution in [2.75, 3.05) is 6.61 Å². The number of amidine groups is 1. The zero-order chi connectivity index (χ0) is 25.0. The van der Waals surface area contributed by atoms with Crippen molar-refractivity contribution in [1.29, 1.82) is 5.41 Å². The number of carbonyl (C=O) groups is 3. The molecule has 9 heteroatoms. The minimum atomic E-state index is -0.990. The summed E-state index contributed by atoms with van der Waals surface area (Å²) >= 11 is 0. The van der Waals surface area contributed by atoms with Crippen LogP contribution in [0.4, 0.5) is 4.79 Å². The van der Waals surface area contributed by atoms with Crippen LogP contribution in [-0.4, -0.2) is 30.4 Å². The van der Waals surface area contributed by atoms with Gasteiger partial charge in [-0.1, -0.05) is 84.9 Å². The lowest BCUT2D eigenvalue weighted by Gasteiger charge is -2.18. The van der Waals surface area contributed by atoms with Crippen LogP contribution in [0, 0.1) is 5.41 Å². The molecule has 1 radical (unpaired) electrons. The highest BCUT2D eigenvalue weighted by molar-refractivity contribution is 6.04. The number of amides is 3. The second kappa shape index (κ2) is 12.7. The lowest BCUT2D eigenvalue weighted by molar-refractivity contribution is -0.131. The summed E-state index contributed by atoms with van der Waals surface area (Å²) in [6.45, 7) is -0.717. The van der Waals surface area contributed by atoms with Crippen molar-refractivity contribution in [3.8, 4) is 0 Å². The molecule has 0 unspecified atom stereocenters. The quantitative estimate of drug-likeness (QED) is 0.280. The van der Waals surface area contributed by atoms with Crippen molar-refractivity contribution in [3.63, 3.8) is 0 Å². The Hall–Kier alpha value is -4.50. The lowest BCUT2D eigenvalue weighted by atomic mass is 10.1. The van der Waals surface area contributed by atoms with Crippen molar-refractivity contribution in [3.05, 3.63) is 107 Å². The van der Waals surface area contributed by atoms with Gasteiger partial charge in [-0.05, 0) is 16.7 Å². The Bertz CT molecular complexity index is 1150. The van der Waals surface area contributed by atoms with Gasteiger partial charge in [0.25, 0.3) is 0 Å². The van der Waals surface area contributed by atoms with E-state index in [0.717, 1.165) is 11.1 Å². The fourth-order valence-electron chi connectivity index (χ4n) is 3.16. The van der Waals surface area contributed by atoms with Crippen LogP contribution in [-0.2, 0) is 32.6 Å². The molecule has 179 valence electrons. The largest absolute Gasteiger partial charge is 0.444 e. The first-order chi connectivity index (χ1) is 17.0. The third kappa shape index (κ3) is 7.79. The molecule has 0 aliphatic carbocycles. The van der Waals surface area contributed by atoms with Gasteiger partial charge in [0.05, 0.1) is 0 Å². The zero-order valence-corrected chi connectivity index (χ0v) is 18.8. The minimum absolute atomic E-state index is 0.0951. The zero-order valence-electron chi connectivity index (χ0n) is 18.8. The lowest BCUT2D eigenvalue weighted by Crippen LogP contribution is -2.41. The summed E-state index contributed by atoms with van der Waals surface area (Å²) in [5.74, 6) is -1.35. The van der Waals surface area contributed by atoms with Gasteiger partial charge in [-0.3, -0.25) is 20.3 Å². The fourth-order valence-corrected chi connectivity index (χ4v) is 3.16. The molecule has 9 nitrogen and oxygen atoms in total. The van der Waals surface area contributed by atoms with E-state index in [9.17, 15) is 19.5 Å². The first kappa shape index (κ1) is 25.1. The third-order valence-electron chi connectivity index (χ3n) is 4.98. The number of hydrogen-bond donors (Lipinski definition) is 4. The monoisotopic (exact) mass is 473 g/mol. The molecule has 4 N–H and O–H groups in total. The number of carbonyl (C=O) groups excluding carboxylic acids is 3. The SMILES string of the molecule is N=C(NC(=O)OCc1ccccc1)c1ccc(CNC(=O)[C@H](NC(=O)C[O])c2ccccc2)cc1. The summed E-state index contributed by atoms with van der Waals surface area (Å²) in [5, 5.41) is 26.5. The van der Waals surface area contributed by atoms with E-state index in [1.807, 2.05) is 30.3 Å². The maximum atomic E-state index is 12.7. The van der Waals surface area contributed by atoms with E-state index < -0.39 is 30.6 Å². The molecule has 1 atom stereocenters. The van der Waals surface area contributed by atoms with Gasteiger partial charge in [0, 0.05) is 12.1 Å². The molecule has 0 saturated carbocycles.